The van der Waals surface area contributed by atoms with Gasteiger partial charge in [-0.15, -0.1) is 0 Å². The Labute approximate surface area is 92.5 Å². The van der Waals surface area contributed by atoms with Gasteiger partial charge in [-0.3, -0.25) is 4.79 Å². The van der Waals surface area contributed by atoms with Gasteiger partial charge in [-0.2, -0.15) is 0 Å². The minimum atomic E-state index is -1.19. The second-order valence-electron chi connectivity index (χ2n) is 2.05. The van der Waals surface area contributed by atoms with Gasteiger partial charge in [0, 0.05) is 19.1 Å². The Morgan fingerprint density at radius 3 is 1.81 bits per heavy atom. The Kier molecular flexibility index (Phi) is 10.8. The van der Waals surface area contributed by atoms with Crippen molar-refractivity contribution >= 4 is 17.9 Å². The van der Waals surface area contributed by atoms with Gasteiger partial charge < -0.3 is 14.6 Å². The van der Waals surface area contributed by atoms with E-state index in [2.05, 4.69) is 22.6 Å². The van der Waals surface area contributed by atoms with Crippen molar-refractivity contribution < 1.29 is 29.0 Å². The molecule has 0 unspecified atom stereocenters. The maximum absolute atomic E-state index is 10.3. The number of hydrogen-bond donors (Lipinski definition) is 1. The average Bonchev–Trinajstić information content (AvgIpc) is 2.16. The topological polar surface area (TPSA) is 89.9 Å². The summed E-state index contributed by atoms with van der Waals surface area (Å²) in [6, 6.07) is 0. The van der Waals surface area contributed by atoms with Gasteiger partial charge in [0.05, 0.1) is 12.5 Å². The summed E-state index contributed by atoms with van der Waals surface area (Å²) in [4.78, 5) is 29.8. The van der Waals surface area contributed by atoms with Crippen LogP contribution in [0.5, 0.6) is 0 Å². The van der Waals surface area contributed by atoms with E-state index >= 15 is 0 Å². The fraction of sp³-hybridized carbons (Fsp3) is 0.100. The van der Waals surface area contributed by atoms with Gasteiger partial charge in [0.2, 0.25) is 0 Å². The highest BCUT2D eigenvalue weighted by Gasteiger charge is 1.93. The van der Waals surface area contributed by atoms with Crippen LogP contribution in [0.15, 0.2) is 37.8 Å². The molecule has 0 atom stereocenters. The summed E-state index contributed by atoms with van der Waals surface area (Å²) >= 11 is 0. The number of aliphatic carboxylic acids is 1. The molecule has 0 spiro atoms. The molecule has 0 aliphatic rings. The molecule has 0 aliphatic carbocycles. The highest BCUT2D eigenvalue weighted by atomic mass is 16.5. The second-order valence-corrected chi connectivity index (χ2v) is 2.05. The summed E-state index contributed by atoms with van der Waals surface area (Å²) in [6.07, 6.45) is 3.51. The van der Waals surface area contributed by atoms with Crippen LogP contribution in [0.25, 0.3) is 0 Å². The van der Waals surface area contributed by atoms with Crippen molar-refractivity contribution in [1.29, 1.82) is 0 Å². The number of carbonyl (C=O) groups excluding carboxylic acids is 2. The molecular weight excluding hydrogens is 216 g/mol. The highest BCUT2D eigenvalue weighted by Crippen LogP contribution is 1.80. The molecule has 0 fully saturated rings. The maximum atomic E-state index is 10.3. The Balaban J connectivity index is 0. The molecule has 0 bridgehead atoms. The zero-order chi connectivity index (χ0) is 13.0. The van der Waals surface area contributed by atoms with E-state index in [1.165, 1.54) is 6.92 Å². The van der Waals surface area contributed by atoms with Gasteiger partial charge in [-0.1, -0.05) is 13.2 Å². The van der Waals surface area contributed by atoms with E-state index in [0.717, 1.165) is 18.6 Å². The third-order valence-corrected chi connectivity index (χ3v) is 0.811. The predicted molar refractivity (Wildman–Crippen MR) is 55.0 cm³/mol. The summed E-state index contributed by atoms with van der Waals surface area (Å²) in [5, 5.41) is 8.01. The molecule has 0 aromatic rings. The first-order valence-corrected chi connectivity index (χ1v) is 3.94. The van der Waals surface area contributed by atoms with Crippen LogP contribution in [0.3, 0.4) is 0 Å². The van der Waals surface area contributed by atoms with Gasteiger partial charge >= 0.3 is 17.9 Å². The zero-order valence-corrected chi connectivity index (χ0v) is 8.71. The molecule has 0 saturated carbocycles. The minimum Gasteiger partial charge on any atom is -0.478 e. The molecule has 88 valence electrons. The largest absolute Gasteiger partial charge is 0.478 e. The van der Waals surface area contributed by atoms with E-state index in [1.807, 2.05) is 0 Å². The van der Waals surface area contributed by atoms with Gasteiger partial charge in [-0.25, -0.2) is 9.59 Å². The molecule has 6 nitrogen and oxygen atoms in total. The SMILES string of the molecule is C=COC(=O)C=CC(=O)O.C=COC(C)=O. The number of hydrogen-bond acceptors (Lipinski definition) is 5. The summed E-state index contributed by atoms with van der Waals surface area (Å²) in [6.45, 7) is 7.58. The van der Waals surface area contributed by atoms with Crippen molar-refractivity contribution in [2.45, 2.75) is 6.92 Å². The Bertz CT molecular complexity index is 302. The molecule has 0 amide bonds. The molecule has 0 saturated heterocycles. The minimum absolute atomic E-state index is 0.329. The average molecular weight is 228 g/mol. The van der Waals surface area contributed by atoms with E-state index in [0.29, 0.717) is 6.08 Å². The summed E-state index contributed by atoms with van der Waals surface area (Å²) in [7, 11) is 0. The van der Waals surface area contributed by atoms with E-state index in [9.17, 15) is 14.4 Å². The smallest absolute Gasteiger partial charge is 0.335 e. The first-order valence-electron chi connectivity index (χ1n) is 3.94. The lowest BCUT2D eigenvalue weighted by molar-refractivity contribution is -0.135. The fourth-order valence-corrected chi connectivity index (χ4v) is 0.378. The molecule has 0 aromatic carbocycles. The van der Waals surface area contributed by atoms with Gasteiger partial charge in [0.15, 0.2) is 0 Å². The van der Waals surface area contributed by atoms with Crippen molar-refractivity contribution in [2.75, 3.05) is 0 Å². The Hall–Kier alpha value is -2.37. The van der Waals surface area contributed by atoms with Crippen LogP contribution in [0, 0.1) is 0 Å². The van der Waals surface area contributed by atoms with Crippen molar-refractivity contribution in [3.8, 4) is 0 Å². The lowest BCUT2D eigenvalue weighted by Crippen LogP contribution is -1.95. The van der Waals surface area contributed by atoms with Crippen LogP contribution >= 0.6 is 0 Å². The van der Waals surface area contributed by atoms with Crippen LogP contribution < -0.4 is 0 Å². The molecule has 0 aromatic heterocycles. The molecule has 16 heavy (non-hydrogen) atoms. The van der Waals surface area contributed by atoms with Gasteiger partial charge in [0.25, 0.3) is 0 Å². The zero-order valence-electron chi connectivity index (χ0n) is 8.71. The molecule has 1 N–H and O–H groups in total. The number of ether oxygens (including phenoxy) is 2. The molecule has 6 heteroatoms. The number of rotatable bonds is 4. The van der Waals surface area contributed by atoms with Gasteiger partial charge in [-0.05, 0) is 0 Å². The second kappa shape index (κ2) is 10.7. The summed E-state index contributed by atoms with van der Waals surface area (Å²) in [5.41, 5.74) is 0. The third kappa shape index (κ3) is 17.6. The third-order valence-electron chi connectivity index (χ3n) is 0.811. The van der Waals surface area contributed by atoms with Gasteiger partial charge in [0.1, 0.15) is 0 Å². The van der Waals surface area contributed by atoms with Crippen LogP contribution in [-0.2, 0) is 23.9 Å². The van der Waals surface area contributed by atoms with Crippen LogP contribution in [0.1, 0.15) is 6.92 Å². The molecular formula is C10H12O6. The van der Waals surface area contributed by atoms with Crippen LogP contribution in [0.2, 0.25) is 0 Å². The quantitative estimate of drug-likeness (QED) is 0.438. The normalized spacial score (nSPS) is 8.31. The van der Waals surface area contributed by atoms with E-state index in [-0.39, 0.29) is 5.97 Å². The van der Waals surface area contributed by atoms with Crippen LogP contribution in [0.4, 0.5) is 0 Å². The monoisotopic (exact) mass is 228 g/mol. The molecule has 0 radical (unpaired) electrons. The van der Waals surface area contributed by atoms with Crippen molar-refractivity contribution in [1.82, 2.24) is 0 Å². The number of carbonyl (C=O) groups is 3. The Morgan fingerprint density at radius 2 is 1.56 bits per heavy atom. The molecule has 0 heterocycles. The maximum Gasteiger partial charge on any atom is 0.335 e. The fourth-order valence-electron chi connectivity index (χ4n) is 0.378. The first-order chi connectivity index (χ1) is 7.43. The van der Waals surface area contributed by atoms with E-state index < -0.39 is 11.9 Å². The Morgan fingerprint density at radius 1 is 1.06 bits per heavy atom. The number of carboxylic acids is 1. The first kappa shape index (κ1) is 16.1. The lowest BCUT2D eigenvalue weighted by atomic mass is 10.5. The highest BCUT2D eigenvalue weighted by molar-refractivity contribution is 5.90. The lowest BCUT2D eigenvalue weighted by Gasteiger charge is -1.87. The summed E-state index contributed by atoms with van der Waals surface area (Å²) in [5.74, 6) is -2.27. The van der Waals surface area contributed by atoms with E-state index in [4.69, 9.17) is 5.11 Å². The number of esters is 2. The summed E-state index contributed by atoms with van der Waals surface area (Å²) < 4.78 is 8.33. The standard InChI is InChI=1S/C6H6O4.C4H6O2/c1-2-10-6(9)4-3-5(7)8;1-3-6-4(2)5/h2-4H,1H2,(H,7,8);3H,1H2,2H3. The molecule has 0 aliphatic heterocycles. The predicted octanol–water partition coefficient (Wildman–Crippen LogP) is 1.01. The van der Waals surface area contributed by atoms with Crippen molar-refractivity contribution in [3.63, 3.8) is 0 Å². The van der Waals surface area contributed by atoms with Crippen molar-refractivity contribution in [2.24, 2.45) is 0 Å². The molecule has 0 rings (SSSR count). The van der Waals surface area contributed by atoms with E-state index in [1.54, 1.807) is 0 Å². The van der Waals surface area contributed by atoms with Crippen molar-refractivity contribution in [3.05, 3.63) is 37.8 Å². The number of carboxylic acid groups (broad SMARTS) is 1. The van der Waals surface area contributed by atoms with Crippen LogP contribution in [-0.4, -0.2) is 23.0 Å².